The molecule has 1 aliphatic heterocycles. The van der Waals surface area contributed by atoms with E-state index < -0.39 is 5.97 Å². The van der Waals surface area contributed by atoms with Crippen LogP contribution in [0.3, 0.4) is 0 Å². The monoisotopic (exact) mass is 591 g/mol. The van der Waals surface area contributed by atoms with E-state index in [1.54, 1.807) is 31.2 Å². The Balaban J connectivity index is 1.52. The first kappa shape index (κ1) is 29.0. The van der Waals surface area contributed by atoms with Crippen LogP contribution in [0.5, 0.6) is 0 Å². The van der Waals surface area contributed by atoms with E-state index in [2.05, 4.69) is 23.3 Å². The van der Waals surface area contributed by atoms with E-state index in [1.807, 2.05) is 29.0 Å². The third-order valence-electron chi connectivity index (χ3n) is 7.39. The Morgan fingerprint density at radius 2 is 1.90 bits per heavy atom. The van der Waals surface area contributed by atoms with E-state index in [9.17, 15) is 14.7 Å². The van der Waals surface area contributed by atoms with Crippen molar-refractivity contribution in [1.82, 2.24) is 9.88 Å². The van der Waals surface area contributed by atoms with Crippen molar-refractivity contribution in [3.63, 3.8) is 0 Å². The molecule has 1 fully saturated rings. The molecule has 0 radical (unpaired) electrons. The molecule has 9 heteroatoms. The second-order valence-electron chi connectivity index (χ2n) is 10.2. The maximum atomic E-state index is 13.1. The molecule has 0 atom stereocenters. The summed E-state index contributed by atoms with van der Waals surface area (Å²) in [6.07, 6.45) is 10.2. The molecule has 2 aliphatic rings. The molecule has 0 spiro atoms. The molecule has 1 saturated carbocycles. The number of carbonyl (C=O) groups excluding carboxylic acids is 2. The number of ether oxygens (including phenoxy) is 1. The van der Waals surface area contributed by atoms with Crippen LogP contribution < -0.4 is 5.32 Å². The van der Waals surface area contributed by atoms with Crippen LogP contribution in [0.15, 0.2) is 69.9 Å². The number of aliphatic imine (C=N–C) groups is 1. The number of esters is 1. The predicted octanol–water partition coefficient (Wildman–Crippen LogP) is 7.50. The van der Waals surface area contributed by atoms with Gasteiger partial charge in [0.05, 0.1) is 22.7 Å². The SMILES string of the molecule is CCOC(=O)C1=C(O)/C(=C/c2cn(CC(=O)NC3CCCCC3)c3c(CC)cccc23)SC1=Nc1ccc(Cl)cc1. The number of thioether (sulfide) groups is 1. The number of carbonyl (C=O) groups is 2. The van der Waals surface area contributed by atoms with Crippen LogP contribution in [0.4, 0.5) is 5.69 Å². The first-order valence-electron chi connectivity index (χ1n) is 14.1. The molecule has 214 valence electrons. The van der Waals surface area contributed by atoms with Crippen LogP contribution in [-0.4, -0.2) is 39.2 Å². The van der Waals surface area contributed by atoms with E-state index in [-0.39, 0.29) is 36.4 Å². The molecule has 41 heavy (non-hydrogen) atoms. The molecule has 0 unspecified atom stereocenters. The Labute approximate surface area is 249 Å². The van der Waals surface area contributed by atoms with Crippen LogP contribution in [0.2, 0.25) is 5.02 Å². The van der Waals surface area contributed by atoms with Crippen molar-refractivity contribution in [2.45, 2.75) is 65.0 Å². The van der Waals surface area contributed by atoms with E-state index >= 15 is 0 Å². The minimum absolute atomic E-state index is 0.00104. The topological polar surface area (TPSA) is 92.9 Å². The minimum atomic E-state index is -0.635. The van der Waals surface area contributed by atoms with Crippen molar-refractivity contribution in [3.05, 3.63) is 81.0 Å². The first-order valence-corrected chi connectivity index (χ1v) is 15.3. The van der Waals surface area contributed by atoms with Crippen molar-refractivity contribution < 1.29 is 19.4 Å². The Morgan fingerprint density at radius 1 is 1.15 bits per heavy atom. The van der Waals surface area contributed by atoms with E-state index in [1.165, 1.54) is 18.2 Å². The molecule has 1 aromatic heterocycles. The molecule has 7 nitrogen and oxygen atoms in total. The third-order valence-corrected chi connectivity index (χ3v) is 8.66. The summed E-state index contributed by atoms with van der Waals surface area (Å²) in [7, 11) is 0. The van der Waals surface area contributed by atoms with Crippen LogP contribution >= 0.6 is 23.4 Å². The predicted molar refractivity (Wildman–Crippen MR) is 167 cm³/mol. The molecule has 1 amide bonds. The number of amides is 1. The van der Waals surface area contributed by atoms with Crippen LogP contribution in [0, 0.1) is 0 Å². The smallest absolute Gasteiger partial charge is 0.344 e. The molecule has 3 aromatic rings. The molecule has 1 aliphatic carbocycles. The maximum Gasteiger partial charge on any atom is 0.344 e. The van der Waals surface area contributed by atoms with Gasteiger partial charge in [0.25, 0.3) is 0 Å². The van der Waals surface area contributed by atoms with Crippen molar-refractivity contribution in [2.75, 3.05) is 6.61 Å². The lowest BCUT2D eigenvalue weighted by molar-refractivity contribution is -0.138. The highest BCUT2D eigenvalue weighted by molar-refractivity contribution is 8.18. The lowest BCUT2D eigenvalue weighted by atomic mass is 9.95. The second-order valence-corrected chi connectivity index (χ2v) is 11.7. The molecular weight excluding hydrogens is 558 g/mol. The molecule has 2 heterocycles. The first-order chi connectivity index (χ1) is 19.9. The van der Waals surface area contributed by atoms with Crippen LogP contribution in [0.25, 0.3) is 17.0 Å². The van der Waals surface area contributed by atoms with Crippen LogP contribution in [0.1, 0.15) is 57.1 Å². The number of hydrogen-bond donors (Lipinski definition) is 2. The summed E-state index contributed by atoms with van der Waals surface area (Å²) in [5.41, 5.74) is 3.59. The zero-order valence-corrected chi connectivity index (χ0v) is 24.9. The molecule has 5 rings (SSSR count). The Morgan fingerprint density at radius 3 is 2.61 bits per heavy atom. The van der Waals surface area contributed by atoms with E-state index in [4.69, 9.17) is 16.3 Å². The second kappa shape index (κ2) is 13.0. The van der Waals surface area contributed by atoms with E-state index in [0.29, 0.717) is 20.7 Å². The summed E-state index contributed by atoms with van der Waals surface area (Å²) < 4.78 is 7.24. The van der Waals surface area contributed by atoms with Gasteiger partial charge in [-0.1, -0.05) is 67.7 Å². The van der Waals surface area contributed by atoms with Gasteiger partial charge < -0.3 is 19.7 Å². The Hall–Kier alpha value is -3.49. The summed E-state index contributed by atoms with van der Waals surface area (Å²) >= 11 is 7.23. The number of aromatic nitrogens is 1. The zero-order chi connectivity index (χ0) is 28.9. The van der Waals surface area contributed by atoms with Gasteiger partial charge in [-0.15, -0.1) is 0 Å². The number of nitrogens with one attached hydrogen (secondary N) is 1. The number of fused-ring (bicyclic) bond motifs is 1. The molecule has 2 N–H and O–H groups in total. The van der Waals surface area contributed by atoms with E-state index in [0.717, 1.165) is 54.1 Å². The van der Waals surface area contributed by atoms with Crippen molar-refractivity contribution in [3.8, 4) is 0 Å². The van der Waals surface area contributed by atoms with Crippen molar-refractivity contribution >= 4 is 62.9 Å². The Kier molecular flexibility index (Phi) is 9.20. The summed E-state index contributed by atoms with van der Waals surface area (Å²) in [6, 6.07) is 13.3. The largest absolute Gasteiger partial charge is 0.506 e. The number of halogens is 1. The highest BCUT2D eigenvalue weighted by atomic mass is 35.5. The molecule has 0 bridgehead atoms. The van der Waals surface area contributed by atoms with Crippen molar-refractivity contribution in [1.29, 1.82) is 0 Å². The van der Waals surface area contributed by atoms with Gasteiger partial charge in [-0.25, -0.2) is 9.79 Å². The van der Waals surface area contributed by atoms with Crippen molar-refractivity contribution in [2.24, 2.45) is 4.99 Å². The lowest BCUT2D eigenvalue weighted by Gasteiger charge is -2.23. The average Bonchev–Trinajstić information content (AvgIpc) is 3.46. The fourth-order valence-electron chi connectivity index (χ4n) is 5.43. The van der Waals surface area contributed by atoms with Gasteiger partial charge in [0, 0.05) is 28.2 Å². The zero-order valence-electron chi connectivity index (χ0n) is 23.3. The number of rotatable bonds is 8. The number of para-hydroxylation sites is 1. The number of nitrogens with zero attached hydrogens (tertiary/aromatic N) is 2. The average molecular weight is 592 g/mol. The fraction of sp³-hybridized carbons (Fsp3) is 0.344. The number of benzene rings is 2. The highest BCUT2D eigenvalue weighted by Gasteiger charge is 2.33. The normalized spacial score (nSPS) is 18.0. The van der Waals surface area contributed by atoms with Gasteiger partial charge in [0.1, 0.15) is 22.9 Å². The van der Waals surface area contributed by atoms with Gasteiger partial charge >= 0.3 is 5.97 Å². The van der Waals surface area contributed by atoms with Gasteiger partial charge in [0.15, 0.2) is 0 Å². The summed E-state index contributed by atoms with van der Waals surface area (Å²) in [6.45, 7) is 4.19. The van der Waals surface area contributed by atoms with Gasteiger partial charge in [-0.2, -0.15) is 0 Å². The van der Waals surface area contributed by atoms with Gasteiger partial charge in [0.2, 0.25) is 5.91 Å². The maximum absolute atomic E-state index is 13.1. The minimum Gasteiger partial charge on any atom is -0.506 e. The molecule has 0 saturated heterocycles. The fourth-order valence-corrected chi connectivity index (χ4v) is 6.58. The summed E-state index contributed by atoms with van der Waals surface area (Å²) in [4.78, 5) is 31.0. The summed E-state index contributed by atoms with van der Waals surface area (Å²) in [5, 5.41) is 16.3. The Bertz CT molecular complexity index is 1550. The lowest BCUT2D eigenvalue weighted by Crippen LogP contribution is -2.38. The van der Waals surface area contributed by atoms with Gasteiger partial charge in [-0.05, 0) is 62.1 Å². The molecular formula is C32H34ClN3O4S. The summed E-state index contributed by atoms with van der Waals surface area (Å²) in [5.74, 6) is -0.814. The molecule has 2 aromatic carbocycles. The van der Waals surface area contributed by atoms with Gasteiger partial charge in [-0.3, -0.25) is 4.79 Å². The standard InChI is InChI=1S/C32H34ClN3O4S/c1-3-20-9-8-12-25-21(18-36(29(20)25)19-27(37)34-23-10-6-5-7-11-23)17-26-30(38)28(32(39)40-4-2)31(41-26)35-24-15-13-22(33)14-16-24/h8-9,12-18,23,38H,3-7,10-11,19H2,1-2H3,(H,34,37)/b26-17-,35-31?. The number of aliphatic hydroxyl groups is 1. The number of hydrogen-bond acceptors (Lipinski definition) is 6. The third kappa shape index (κ3) is 6.54. The highest BCUT2D eigenvalue weighted by Crippen LogP contribution is 2.41. The quantitative estimate of drug-likeness (QED) is 0.265. The number of aryl methyl sites for hydroxylation is 1. The van der Waals surface area contributed by atoms with Crippen LogP contribution in [-0.2, 0) is 27.3 Å². The number of aliphatic hydroxyl groups excluding tert-OH is 1.